The van der Waals surface area contributed by atoms with E-state index in [1.165, 1.54) is 0 Å². The number of anilines is 1. The number of fused-ring (bicyclic) bond motifs is 1. The summed E-state index contributed by atoms with van der Waals surface area (Å²) in [5.41, 5.74) is 4.56. The number of para-hydroxylation sites is 1. The third kappa shape index (κ3) is 3.26. The van der Waals surface area contributed by atoms with E-state index >= 15 is 0 Å². The van der Waals surface area contributed by atoms with Crippen LogP contribution in [0.2, 0.25) is 0 Å². The second-order valence-corrected chi connectivity index (χ2v) is 5.99. The topological polar surface area (TPSA) is 49.4 Å². The Hall–Kier alpha value is -2.62. The number of hydrogen-bond donors (Lipinski definition) is 1. The van der Waals surface area contributed by atoms with Crippen LogP contribution in [0.3, 0.4) is 0 Å². The van der Waals surface area contributed by atoms with E-state index in [9.17, 15) is 9.59 Å². The van der Waals surface area contributed by atoms with Gasteiger partial charge in [0.05, 0.1) is 17.7 Å². The van der Waals surface area contributed by atoms with Gasteiger partial charge in [0.1, 0.15) is 0 Å². The second kappa shape index (κ2) is 6.24. The largest absolute Gasteiger partial charge is 0.350 e. The molecule has 1 aliphatic heterocycles. The fourth-order valence-corrected chi connectivity index (χ4v) is 3.10. The van der Waals surface area contributed by atoms with Crippen LogP contribution in [0.5, 0.6) is 0 Å². The molecule has 118 valence electrons. The molecule has 0 aromatic heterocycles. The van der Waals surface area contributed by atoms with Crippen molar-refractivity contribution in [3.8, 4) is 0 Å². The number of amides is 2. The minimum atomic E-state index is -0.123. The van der Waals surface area contributed by atoms with Gasteiger partial charge in [0.2, 0.25) is 5.91 Å². The van der Waals surface area contributed by atoms with Gasteiger partial charge >= 0.3 is 0 Å². The van der Waals surface area contributed by atoms with Gasteiger partial charge in [-0.3, -0.25) is 9.59 Å². The molecule has 0 radical (unpaired) electrons. The lowest BCUT2D eigenvalue weighted by atomic mass is 10.0. The Labute approximate surface area is 136 Å². The van der Waals surface area contributed by atoms with Crippen molar-refractivity contribution in [1.29, 1.82) is 0 Å². The van der Waals surface area contributed by atoms with Crippen LogP contribution in [-0.4, -0.2) is 24.9 Å². The van der Waals surface area contributed by atoms with Gasteiger partial charge in [0, 0.05) is 13.1 Å². The quantitative estimate of drug-likeness (QED) is 0.927. The zero-order valence-corrected chi connectivity index (χ0v) is 13.4. The van der Waals surface area contributed by atoms with Crippen LogP contribution in [0.4, 0.5) is 5.69 Å². The maximum absolute atomic E-state index is 12.8. The van der Waals surface area contributed by atoms with Crippen LogP contribution in [0, 0.1) is 13.8 Å². The zero-order chi connectivity index (χ0) is 16.4. The van der Waals surface area contributed by atoms with Crippen molar-refractivity contribution < 1.29 is 9.59 Å². The third-order valence-corrected chi connectivity index (χ3v) is 4.00. The predicted molar refractivity (Wildman–Crippen MR) is 90.7 cm³/mol. The van der Waals surface area contributed by atoms with E-state index in [0.717, 1.165) is 16.7 Å². The first kappa shape index (κ1) is 15.3. The number of aryl methyl sites for hydroxylation is 2. The lowest BCUT2D eigenvalue weighted by molar-refractivity contribution is -0.118. The molecule has 4 heteroatoms. The fraction of sp³-hybridized carbons (Fsp3) is 0.263. The van der Waals surface area contributed by atoms with Crippen LogP contribution in [0.1, 0.15) is 27.0 Å². The highest BCUT2D eigenvalue weighted by molar-refractivity contribution is 6.06. The van der Waals surface area contributed by atoms with Crippen molar-refractivity contribution in [2.75, 3.05) is 18.0 Å². The predicted octanol–water partition coefficient (Wildman–Crippen LogP) is 2.62. The maximum atomic E-state index is 12.8. The highest BCUT2D eigenvalue weighted by atomic mass is 16.2. The van der Waals surface area contributed by atoms with Crippen molar-refractivity contribution in [2.45, 2.75) is 20.3 Å². The first-order valence-corrected chi connectivity index (χ1v) is 7.79. The Morgan fingerprint density at radius 2 is 1.83 bits per heavy atom. The normalized spacial score (nSPS) is 14.0. The van der Waals surface area contributed by atoms with Crippen LogP contribution < -0.4 is 10.2 Å². The fourth-order valence-electron chi connectivity index (χ4n) is 3.10. The molecule has 0 bridgehead atoms. The third-order valence-electron chi connectivity index (χ3n) is 4.00. The molecule has 1 N–H and O–H groups in total. The summed E-state index contributed by atoms with van der Waals surface area (Å²) in [7, 11) is 0. The van der Waals surface area contributed by atoms with E-state index in [2.05, 4.69) is 11.4 Å². The van der Waals surface area contributed by atoms with Crippen molar-refractivity contribution in [1.82, 2.24) is 5.32 Å². The summed E-state index contributed by atoms with van der Waals surface area (Å²) in [6, 6.07) is 13.4. The van der Waals surface area contributed by atoms with Crippen LogP contribution in [-0.2, 0) is 11.2 Å². The Balaban J connectivity index is 1.89. The summed E-state index contributed by atoms with van der Waals surface area (Å²) in [4.78, 5) is 26.6. The number of hydrogen-bond acceptors (Lipinski definition) is 2. The Morgan fingerprint density at radius 3 is 2.57 bits per heavy atom. The molecule has 2 aromatic rings. The lowest BCUT2D eigenvalue weighted by Gasteiger charge is -2.22. The van der Waals surface area contributed by atoms with E-state index in [-0.39, 0.29) is 11.8 Å². The van der Waals surface area contributed by atoms with Gasteiger partial charge in [-0.05, 0) is 31.5 Å². The second-order valence-electron chi connectivity index (χ2n) is 5.99. The summed E-state index contributed by atoms with van der Waals surface area (Å²) in [5.74, 6) is -0.110. The van der Waals surface area contributed by atoms with E-state index in [0.29, 0.717) is 30.8 Å². The van der Waals surface area contributed by atoms with Crippen LogP contribution >= 0.6 is 0 Å². The molecule has 0 spiro atoms. The monoisotopic (exact) mass is 308 g/mol. The Bertz CT molecular complexity index is 747. The highest BCUT2D eigenvalue weighted by Crippen LogP contribution is 2.23. The average Bonchev–Trinajstić information content (AvgIpc) is 2.66. The van der Waals surface area contributed by atoms with E-state index in [1.807, 2.05) is 44.2 Å². The van der Waals surface area contributed by atoms with Crippen molar-refractivity contribution in [2.24, 2.45) is 0 Å². The summed E-state index contributed by atoms with van der Waals surface area (Å²) in [6.45, 7) is 5.02. The summed E-state index contributed by atoms with van der Waals surface area (Å²) in [6.07, 6.45) is 0.338. The number of benzene rings is 2. The van der Waals surface area contributed by atoms with Crippen molar-refractivity contribution in [3.63, 3.8) is 0 Å². The molecule has 1 aliphatic rings. The van der Waals surface area contributed by atoms with Crippen LogP contribution in [0.25, 0.3) is 0 Å². The molecule has 3 rings (SSSR count). The standard InChI is InChI=1S/C19H20N2O2/c1-13-9-14(2)11-15(10-13)12-18(22)21-8-7-20-19(23)16-5-3-4-6-17(16)21/h3-6,9-11H,7-8,12H2,1-2H3,(H,20,23). The number of nitrogens with one attached hydrogen (secondary N) is 1. The minimum Gasteiger partial charge on any atom is -0.350 e. The molecule has 2 aromatic carbocycles. The molecular formula is C19H20N2O2. The molecule has 23 heavy (non-hydrogen) atoms. The highest BCUT2D eigenvalue weighted by Gasteiger charge is 2.24. The Kier molecular flexibility index (Phi) is 4.15. The van der Waals surface area contributed by atoms with E-state index in [1.54, 1.807) is 11.0 Å². The summed E-state index contributed by atoms with van der Waals surface area (Å²) in [5, 5.41) is 2.83. The van der Waals surface area contributed by atoms with Gasteiger partial charge in [-0.25, -0.2) is 0 Å². The van der Waals surface area contributed by atoms with Gasteiger partial charge in [-0.2, -0.15) is 0 Å². The van der Waals surface area contributed by atoms with Crippen molar-refractivity contribution >= 4 is 17.5 Å². The first-order valence-electron chi connectivity index (χ1n) is 7.79. The van der Waals surface area contributed by atoms with Gasteiger partial charge in [0.15, 0.2) is 0 Å². The summed E-state index contributed by atoms with van der Waals surface area (Å²) < 4.78 is 0. The minimum absolute atomic E-state index is 0.0129. The molecule has 0 fully saturated rings. The molecular weight excluding hydrogens is 288 g/mol. The molecule has 0 saturated carbocycles. The molecule has 1 heterocycles. The number of nitrogens with zero attached hydrogens (tertiary/aromatic N) is 1. The number of carbonyl (C=O) groups is 2. The van der Waals surface area contributed by atoms with E-state index < -0.39 is 0 Å². The van der Waals surface area contributed by atoms with Crippen molar-refractivity contribution in [3.05, 3.63) is 64.7 Å². The summed E-state index contributed by atoms with van der Waals surface area (Å²) >= 11 is 0. The SMILES string of the molecule is Cc1cc(C)cc(CC(=O)N2CCNC(=O)c3ccccc32)c1. The van der Waals surface area contributed by atoms with Gasteiger partial charge in [-0.15, -0.1) is 0 Å². The zero-order valence-electron chi connectivity index (χ0n) is 13.4. The Morgan fingerprint density at radius 1 is 1.13 bits per heavy atom. The lowest BCUT2D eigenvalue weighted by Crippen LogP contribution is -2.36. The number of rotatable bonds is 2. The smallest absolute Gasteiger partial charge is 0.253 e. The van der Waals surface area contributed by atoms with Gasteiger partial charge < -0.3 is 10.2 Å². The van der Waals surface area contributed by atoms with Crippen LogP contribution in [0.15, 0.2) is 42.5 Å². The number of carbonyl (C=O) groups excluding carboxylic acids is 2. The van der Waals surface area contributed by atoms with Gasteiger partial charge in [0.25, 0.3) is 5.91 Å². The van der Waals surface area contributed by atoms with E-state index in [4.69, 9.17) is 0 Å². The molecule has 0 aliphatic carbocycles. The first-order chi connectivity index (χ1) is 11.0. The van der Waals surface area contributed by atoms with Gasteiger partial charge in [-0.1, -0.05) is 41.5 Å². The molecule has 2 amide bonds. The molecule has 0 atom stereocenters. The average molecular weight is 308 g/mol. The molecule has 0 saturated heterocycles. The maximum Gasteiger partial charge on any atom is 0.253 e. The molecule has 4 nitrogen and oxygen atoms in total. The molecule has 0 unspecified atom stereocenters.